The van der Waals surface area contributed by atoms with Gasteiger partial charge in [-0.25, -0.2) is 4.79 Å². The van der Waals surface area contributed by atoms with Crippen LogP contribution in [0, 0.1) is 0 Å². The van der Waals surface area contributed by atoms with E-state index >= 15 is 0 Å². The highest BCUT2D eigenvalue weighted by molar-refractivity contribution is 5.74. The fraction of sp³-hybridized carbons (Fsp3) is 0.667. The molecule has 0 spiro atoms. The smallest absolute Gasteiger partial charge is 0.317 e. The van der Waals surface area contributed by atoms with Crippen molar-refractivity contribution >= 4 is 6.03 Å². The van der Waals surface area contributed by atoms with Crippen molar-refractivity contribution in [1.29, 1.82) is 0 Å². The molecule has 1 atom stereocenters. The summed E-state index contributed by atoms with van der Waals surface area (Å²) >= 11 is 0. The number of amides is 2. The summed E-state index contributed by atoms with van der Waals surface area (Å²) in [6, 6.07) is 1.87. The zero-order valence-electron chi connectivity index (χ0n) is 12.3. The van der Waals surface area contributed by atoms with Gasteiger partial charge in [0.25, 0.3) is 0 Å². The van der Waals surface area contributed by atoms with E-state index in [0.717, 1.165) is 44.9 Å². The average Bonchev–Trinajstić information content (AvgIpc) is 3.19. The van der Waals surface area contributed by atoms with Crippen LogP contribution in [-0.4, -0.2) is 61.3 Å². The molecule has 0 unspecified atom stereocenters. The number of piperazine rings is 1. The summed E-state index contributed by atoms with van der Waals surface area (Å²) in [4.78, 5) is 16.4. The maximum atomic E-state index is 12.1. The molecule has 3 rings (SSSR count). The van der Waals surface area contributed by atoms with Gasteiger partial charge in [-0.1, -0.05) is 0 Å². The first kappa shape index (κ1) is 14.4. The monoisotopic (exact) mass is 293 g/mol. The maximum Gasteiger partial charge on any atom is 0.317 e. The quantitative estimate of drug-likeness (QED) is 0.909. The predicted octanol–water partition coefficient (Wildman–Crippen LogP) is 1.29. The SMILES string of the molecule is O=C(NCc1ccoc1)N1CCN(C[C@@H]2CCCO2)CC1. The molecule has 6 nitrogen and oxygen atoms in total. The fourth-order valence-electron chi connectivity index (χ4n) is 2.89. The van der Waals surface area contributed by atoms with Gasteiger partial charge < -0.3 is 19.4 Å². The van der Waals surface area contributed by atoms with Crippen LogP contribution in [0.15, 0.2) is 23.0 Å². The van der Waals surface area contributed by atoms with E-state index in [1.54, 1.807) is 12.5 Å². The molecule has 2 saturated heterocycles. The highest BCUT2D eigenvalue weighted by Gasteiger charge is 2.24. The normalized spacial score (nSPS) is 23.4. The van der Waals surface area contributed by atoms with Crippen molar-refractivity contribution in [1.82, 2.24) is 15.1 Å². The Labute approximate surface area is 125 Å². The highest BCUT2D eigenvalue weighted by atomic mass is 16.5. The fourth-order valence-corrected chi connectivity index (χ4v) is 2.89. The average molecular weight is 293 g/mol. The summed E-state index contributed by atoms with van der Waals surface area (Å²) in [5, 5.41) is 2.93. The number of hydrogen-bond acceptors (Lipinski definition) is 4. The first-order valence-electron chi connectivity index (χ1n) is 7.69. The Morgan fingerprint density at radius 2 is 2.19 bits per heavy atom. The number of ether oxygens (including phenoxy) is 1. The maximum absolute atomic E-state index is 12.1. The van der Waals surface area contributed by atoms with Crippen LogP contribution in [0.4, 0.5) is 4.79 Å². The number of carbonyl (C=O) groups is 1. The largest absolute Gasteiger partial charge is 0.472 e. The van der Waals surface area contributed by atoms with E-state index in [2.05, 4.69) is 10.2 Å². The summed E-state index contributed by atoms with van der Waals surface area (Å²) in [5.41, 5.74) is 0.986. The Balaban J connectivity index is 1.37. The van der Waals surface area contributed by atoms with E-state index in [0.29, 0.717) is 12.6 Å². The summed E-state index contributed by atoms with van der Waals surface area (Å²) in [6.45, 7) is 5.85. The van der Waals surface area contributed by atoms with Crippen molar-refractivity contribution in [3.63, 3.8) is 0 Å². The van der Waals surface area contributed by atoms with Gasteiger partial charge in [-0.15, -0.1) is 0 Å². The summed E-state index contributed by atoms with van der Waals surface area (Å²) in [7, 11) is 0. The second kappa shape index (κ2) is 6.95. The standard InChI is InChI=1S/C15H23N3O3/c19-15(16-10-13-3-9-20-12-13)18-6-4-17(5-7-18)11-14-2-1-8-21-14/h3,9,12,14H,1-2,4-8,10-11H2,(H,16,19)/t14-/m0/s1. The van der Waals surface area contributed by atoms with Crippen molar-refractivity contribution in [2.24, 2.45) is 0 Å². The van der Waals surface area contributed by atoms with E-state index in [1.807, 2.05) is 11.0 Å². The van der Waals surface area contributed by atoms with Crippen LogP contribution in [0.3, 0.4) is 0 Å². The van der Waals surface area contributed by atoms with Crippen LogP contribution in [0.1, 0.15) is 18.4 Å². The summed E-state index contributed by atoms with van der Waals surface area (Å²) in [6.07, 6.45) is 6.02. The van der Waals surface area contributed by atoms with Crippen molar-refractivity contribution in [2.45, 2.75) is 25.5 Å². The van der Waals surface area contributed by atoms with Crippen molar-refractivity contribution in [3.05, 3.63) is 24.2 Å². The van der Waals surface area contributed by atoms with Gasteiger partial charge in [-0.2, -0.15) is 0 Å². The molecule has 0 bridgehead atoms. The lowest BCUT2D eigenvalue weighted by Gasteiger charge is -2.35. The molecular weight excluding hydrogens is 270 g/mol. The van der Waals surface area contributed by atoms with Crippen LogP contribution in [0.2, 0.25) is 0 Å². The van der Waals surface area contributed by atoms with Crippen molar-refractivity contribution in [2.75, 3.05) is 39.3 Å². The Kier molecular flexibility index (Phi) is 4.77. The highest BCUT2D eigenvalue weighted by Crippen LogP contribution is 2.14. The lowest BCUT2D eigenvalue weighted by molar-refractivity contribution is 0.0561. The predicted molar refractivity (Wildman–Crippen MR) is 77.9 cm³/mol. The van der Waals surface area contributed by atoms with E-state index in [9.17, 15) is 4.79 Å². The molecule has 1 aromatic heterocycles. The molecule has 2 fully saturated rings. The molecule has 0 aliphatic carbocycles. The lowest BCUT2D eigenvalue weighted by Crippen LogP contribution is -2.52. The Bertz CT molecular complexity index is 435. The zero-order valence-corrected chi connectivity index (χ0v) is 12.3. The minimum Gasteiger partial charge on any atom is -0.472 e. The topological polar surface area (TPSA) is 58.0 Å². The second-order valence-corrected chi connectivity index (χ2v) is 5.71. The number of urea groups is 1. The molecule has 6 heteroatoms. The van der Waals surface area contributed by atoms with E-state index < -0.39 is 0 Å². The van der Waals surface area contributed by atoms with Crippen molar-refractivity contribution in [3.8, 4) is 0 Å². The third-order valence-electron chi connectivity index (χ3n) is 4.17. The number of rotatable bonds is 4. The molecule has 116 valence electrons. The molecule has 2 amide bonds. The zero-order chi connectivity index (χ0) is 14.5. The van der Waals surface area contributed by atoms with Gasteiger partial charge in [-0.3, -0.25) is 4.90 Å². The molecule has 3 heterocycles. The minimum atomic E-state index is 0.00738. The minimum absolute atomic E-state index is 0.00738. The third kappa shape index (κ3) is 3.98. The van der Waals surface area contributed by atoms with Crippen LogP contribution >= 0.6 is 0 Å². The lowest BCUT2D eigenvalue weighted by atomic mass is 10.2. The molecular formula is C15H23N3O3. The van der Waals surface area contributed by atoms with Gasteiger partial charge in [0.1, 0.15) is 0 Å². The first-order chi connectivity index (χ1) is 10.3. The summed E-state index contributed by atoms with van der Waals surface area (Å²) in [5.74, 6) is 0. The molecule has 0 saturated carbocycles. The Morgan fingerprint density at radius 3 is 2.86 bits per heavy atom. The molecule has 21 heavy (non-hydrogen) atoms. The number of carbonyl (C=O) groups excluding carboxylic acids is 1. The third-order valence-corrected chi connectivity index (χ3v) is 4.17. The second-order valence-electron chi connectivity index (χ2n) is 5.71. The molecule has 0 radical (unpaired) electrons. The van der Waals surface area contributed by atoms with Gasteiger partial charge in [0.15, 0.2) is 0 Å². The van der Waals surface area contributed by atoms with Crippen LogP contribution < -0.4 is 5.32 Å². The van der Waals surface area contributed by atoms with Crippen molar-refractivity contribution < 1.29 is 13.9 Å². The Hall–Kier alpha value is -1.53. The van der Waals surface area contributed by atoms with Gasteiger partial charge >= 0.3 is 6.03 Å². The van der Waals surface area contributed by atoms with E-state index in [4.69, 9.17) is 9.15 Å². The van der Waals surface area contributed by atoms with Crippen LogP contribution in [-0.2, 0) is 11.3 Å². The number of furan rings is 1. The molecule has 1 aromatic rings. The number of nitrogens with zero attached hydrogens (tertiary/aromatic N) is 2. The van der Waals surface area contributed by atoms with Crippen LogP contribution in [0.25, 0.3) is 0 Å². The number of hydrogen-bond donors (Lipinski definition) is 1. The molecule has 0 aromatic carbocycles. The summed E-state index contributed by atoms with van der Waals surface area (Å²) < 4.78 is 10.7. The van der Waals surface area contributed by atoms with Gasteiger partial charge in [-0.05, 0) is 18.9 Å². The first-order valence-corrected chi connectivity index (χ1v) is 7.69. The molecule has 2 aliphatic rings. The molecule has 2 aliphatic heterocycles. The van der Waals surface area contributed by atoms with Crippen LogP contribution in [0.5, 0.6) is 0 Å². The van der Waals surface area contributed by atoms with Gasteiger partial charge in [0.05, 0.1) is 18.6 Å². The Morgan fingerprint density at radius 1 is 1.33 bits per heavy atom. The van der Waals surface area contributed by atoms with Gasteiger partial charge in [0, 0.05) is 51.4 Å². The van der Waals surface area contributed by atoms with Gasteiger partial charge in [0.2, 0.25) is 0 Å². The molecule has 1 N–H and O–H groups in total. The number of nitrogens with one attached hydrogen (secondary N) is 1. The van der Waals surface area contributed by atoms with E-state index in [-0.39, 0.29) is 6.03 Å². The van der Waals surface area contributed by atoms with E-state index in [1.165, 1.54) is 12.8 Å².